The first-order valence-electron chi connectivity index (χ1n) is 12.6. The summed E-state index contributed by atoms with van der Waals surface area (Å²) < 4.78 is 16.7. The highest BCUT2D eigenvalue weighted by Gasteiger charge is 2.43. The Morgan fingerprint density at radius 2 is 1.57 bits per heavy atom. The van der Waals surface area contributed by atoms with Gasteiger partial charge in [0.25, 0.3) is 0 Å². The van der Waals surface area contributed by atoms with Crippen molar-refractivity contribution in [1.29, 1.82) is 0 Å². The lowest BCUT2D eigenvalue weighted by atomic mass is 9.72. The monoisotopic (exact) mass is 497 g/mol. The molecule has 0 spiro atoms. The van der Waals surface area contributed by atoms with E-state index in [0.717, 1.165) is 28.3 Å². The Morgan fingerprint density at radius 3 is 2.24 bits per heavy atom. The van der Waals surface area contributed by atoms with Gasteiger partial charge in [0, 0.05) is 41.3 Å². The van der Waals surface area contributed by atoms with Crippen LogP contribution in [0.15, 0.2) is 84.1 Å². The molecule has 0 radical (unpaired) electrons. The summed E-state index contributed by atoms with van der Waals surface area (Å²) in [6, 6.07) is 23.1. The third kappa shape index (κ3) is 4.71. The lowest BCUT2D eigenvalue weighted by Gasteiger charge is -2.40. The van der Waals surface area contributed by atoms with Crippen molar-refractivity contribution in [1.82, 2.24) is 0 Å². The molecule has 5 rings (SSSR count). The van der Waals surface area contributed by atoms with Crippen molar-refractivity contribution in [3.05, 3.63) is 95.2 Å². The minimum atomic E-state index is -0.407. The first-order valence-corrected chi connectivity index (χ1v) is 12.6. The fourth-order valence-electron chi connectivity index (χ4n) is 5.53. The summed E-state index contributed by atoms with van der Waals surface area (Å²) in [5.74, 6) is 1.63. The normalized spacial score (nSPS) is 19.5. The topological polar surface area (TPSA) is 65.1 Å². The molecule has 1 aliphatic heterocycles. The minimum absolute atomic E-state index is 0.00333. The van der Waals surface area contributed by atoms with Crippen molar-refractivity contribution < 1.29 is 23.8 Å². The number of rotatable bonds is 7. The van der Waals surface area contributed by atoms with Gasteiger partial charge in [-0.1, -0.05) is 30.3 Å². The SMILES string of the molecule is CCOc1ccc(N2C(=O)CC(c3cc(OC)ccc3OC)C3=C2CC(c2ccccc2)CC3=O)cc1. The molecule has 1 heterocycles. The second-order valence-electron chi connectivity index (χ2n) is 9.32. The van der Waals surface area contributed by atoms with Crippen molar-refractivity contribution in [3.63, 3.8) is 0 Å². The number of Topliss-reactive ketones (excluding diaryl/α,β-unsaturated/α-hetero) is 1. The van der Waals surface area contributed by atoms with Crippen molar-refractivity contribution in [3.8, 4) is 17.2 Å². The summed E-state index contributed by atoms with van der Waals surface area (Å²) in [5.41, 5.74) is 4.08. The van der Waals surface area contributed by atoms with Gasteiger partial charge in [-0.25, -0.2) is 0 Å². The van der Waals surface area contributed by atoms with Gasteiger partial charge < -0.3 is 14.2 Å². The summed E-state index contributed by atoms with van der Waals surface area (Å²) in [6.45, 7) is 2.50. The Kier molecular flexibility index (Phi) is 6.99. The van der Waals surface area contributed by atoms with Crippen LogP contribution in [0.3, 0.4) is 0 Å². The lowest BCUT2D eigenvalue weighted by molar-refractivity contribution is -0.120. The Labute approximate surface area is 217 Å². The molecule has 190 valence electrons. The van der Waals surface area contributed by atoms with E-state index in [0.29, 0.717) is 36.5 Å². The first-order chi connectivity index (χ1) is 18.0. The first kappa shape index (κ1) is 24.6. The van der Waals surface area contributed by atoms with Crippen molar-refractivity contribution >= 4 is 17.4 Å². The van der Waals surface area contributed by atoms with Crippen molar-refractivity contribution in [2.45, 2.75) is 38.0 Å². The van der Waals surface area contributed by atoms with Crippen LogP contribution in [0.1, 0.15) is 49.1 Å². The van der Waals surface area contributed by atoms with Crippen molar-refractivity contribution in [2.24, 2.45) is 0 Å². The van der Waals surface area contributed by atoms with Crippen LogP contribution >= 0.6 is 0 Å². The average Bonchev–Trinajstić information content (AvgIpc) is 2.93. The standard InChI is InChI=1S/C31H31NO5/c1-4-37-23-12-10-22(11-13-23)32-27-16-21(20-8-6-5-7-9-20)17-28(33)31(27)26(19-30(32)34)25-18-24(35-2)14-15-29(25)36-3/h5-15,18,21,26H,4,16-17,19H2,1-3H3. The number of ketones is 1. The molecule has 0 saturated carbocycles. The minimum Gasteiger partial charge on any atom is -0.497 e. The number of ether oxygens (including phenoxy) is 3. The zero-order valence-electron chi connectivity index (χ0n) is 21.4. The molecule has 2 atom stereocenters. The second kappa shape index (κ2) is 10.5. The van der Waals surface area contributed by atoms with Crippen LogP contribution in [0, 0.1) is 0 Å². The third-order valence-corrected chi connectivity index (χ3v) is 7.22. The molecular weight excluding hydrogens is 466 g/mol. The summed E-state index contributed by atoms with van der Waals surface area (Å²) in [7, 11) is 3.21. The molecule has 2 aliphatic rings. The quantitative estimate of drug-likeness (QED) is 0.399. The number of allylic oxidation sites excluding steroid dienone is 2. The summed E-state index contributed by atoms with van der Waals surface area (Å²) in [6.07, 6.45) is 1.15. The highest BCUT2D eigenvalue weighted by Crippen LogP contribution is 2.49. The molecule has 6 heteroatoms. The van der Waals surface area contributed by atoms with Gasteiger partial charge in [0.1, 0.15) is 17.2 Å². The Bertz CT molecular complexity index is 1330. The highest BCUT2D eigenvalue weighted by molar-refractivity contribution is 6.08. The number of carbonyl (C=O) groups excluding carboxylic acids is 2. The fraction of sp³-hybridized carbons (Fsp3) is 0.290. The molecule has 0 saturated heterocycles. The number of methoxy groups -OCH3 is 2. The largest absolute Gasteiger partial charge is 0.497 e. The van der Waals surface area contributed by atoms with Crippen LogP contribution in [0.25, 0.3) is 0 Å². The van der Waals surface area contributed by atoms with E-state index in [1.54, 1.807) is 19.1 Å². The van der Waals surface area contributed by atoms with E-state index < -0.39 is 5.92 Å². The molecule has 0 aromatic heterocycles. The predicted molar refractivity (Wildman–Crippen MR) is 142 cm³/mol. The average molecular weight is 498 g/mol. The summed E-state index contributed by atoms with van der Waals surface area (Å²) in [5, 5.41) is 0. The van der Waals surface area contributed by atoms with Crippen LogP contribution in [0.4, 0.5) is 5.69 Å². The number of nitrogens with zero attached hydrogens (tertiary/aromatic N) is 1. The van der Waals surface area contributed by atoms with E-state index in [-0.39, 0.29) is 24.0 Å². The second-order valence-corrected chi connectivity index (χ2v) is 9.32. The molecule has 2 unspecified atom stereocenters. The van der Waals surface area contributed by atoms with E-state index in [1.165, 1.54) is 0 Å². The predicted octanol–water partition coefficient (Wildman–Crippen LogP) is 6.02. The lowest BCUT2D eigenvalue weighted by Crippen LogP contribution is -2.41. The number of hydrogen-bond acceptors (Lipinski definition) is 5. The zero-order chi connectivity index (χ0) is 25.9. The molecule has 1 amide bonds. The Hall–Kier alpha value is -4.06. The molecule has 0 bridgehead atoms. The van der Waals surface area contributed by atoms with Gasteiger partial charge in [0.05, 0.1) is 20.8 Å². The van der Waals surface area contributed by atoms with Gasteiger partial charge in [0.15, 0.2) is 5.78 Å². The van der Waals surface area contributed by atoms with Crippen LogP contribution in [0.2, 0.25) is 0 Å². The summed E-state index contributed by atoms with van der Waals surface area (Å²) >= 11 is 0. The number of amides is 1. The van der Waals surface area contributed by atoms with E-state index in [2.05, 4.69) is 12.1 Å². The molecular formula is C31H31NO5. The smallest absolute Gasteiger partial charge is 0.232 e. The number of anilines is 1. The maximum atomic E-state index is 13.9. The maximum absolute atomic E-state index is 13.9. The molecule has 3 aromatic carbocycles. The molecule has 37 heavy (non-hydrogen) atoms. The van der Waals surface area contributed by atoms with E-state index in [9.17, 15) is 9.59 Å². The van der Waals surface area contributed by atoms with Crippen molar-refractivity contribution in [2.75, 3.05) is 25.7 Å². The van der Waals surface area contributed by atoms with Gasteiger partial charge in [0.2, 0.25) is 5.91 Å². The molecule has 0 N–H and O–H groups in total. The van der Waals surface area contributed by atoms with Crippen LogP contribution in [0.5, 0.6) is 17.2 Å². The van der Waals surface area contributed by atoms with Crippen LogP contribution in [-0.2, 0) is 9.59 Å². The highest BCUT2D eigenvalue weighted by atomic mass is 16.5. The Balaban J connectivity index is 1.65. The van der Waals surface area contributed by atoms with Gasteiger partial charge in [-0.3, -0.25) is 14.5 Å². The number of benzene rings is 3. The molecule has 1 aliphatic carbocycles. The fourth-order valence-corrected chi connectivity index (χ4v) is 5.53. The molecule has 6 nitrogen and oxygen atoms in total. The van der Waals surface area contributed by atoms with Gasteiger partial charge >= 0.3 is 0 Å². The summed E-state index contributed by atoms with van der Waals surface area (Å²) in [4.78, 5) is 29.4. The molecule has 3 aromatic rings. The van der Waals surface area contributed by atoms with E-state index in [4.69, 9.17) is 14.2 Å². The van der Waals surface area contributed by atoms with Crippen LogP contribution in [-0.4, -0.2) is 32.5 Å². The van der Waals surface area contributed by atoms with Gasteiger partial charge in [-0.15, -0.1) is 0 Å². The maximum Gasteiger partial charge on any atom is 0.232 e. The van der Waals surface area contributed by atoms with E-state index >= 15 is 0 Å². The zero-order valence-corrected chi connectivity index (χ0v) is 21.4. The Morgan fingerprint density at radius 1 is 0.838 bits per heavy atom. The third-order valence-electron chi connectivity index (χ3n) is 7.22. The molecule has 0 fully saturated rings. The van der Waals surface area contributed by atoms with E-state index in [1.807, 2.05) is 67.6 Å². The number of carbonyl (C=O) groups is 2. The number of hydrogen-bond donors (Lipinski definition) is 0. The van der Waals surface area contributed by atoms with Crippen LogP contribution < -0.4 is 19.1 Å². The van der Waals surface area contributed by atoms with Gasteiger partial charge in [-0.2, -0.15) is 0 Å². The van der Waals surface area contributed by atoms with Gasteiger partial charge in [-0.05, 0) is 67.3 Å².